The van der Waals surface area contributed by atoms with E-state index in [-0.39, 0.29) is 11.5 Å². The lowest BCUT2D eigenvalue weighted by atomic mass is 10.1. The number of benzene rings is 2. The van der Waals surface area contributed by atoms with Crippen LogP contribution in [0, 0.1) is 0 Å². The fourth-order valence-electron chi connectivity index (χ4n) is 2.42. The first-order valence-corrected chi connectivity index (χ1v) is 7.57. The Balaban J connectivity index is 1.98. The lowest BCUT2D eigenvalue weighted by molar-refractivity contribution is -0.114. The molecule has 0 unspecified atom stereocenters. The molecule has 0 bridgehead atoms. The van der Waals surface area contributed by atoms with Crippen molar-refractivity contribution in [3.05, 3.63) is 66.5 Å². The Labute approximate surface area is 144 Å². The summed E-state index contributed by atoms with van der Waals surface area (Å²) in [5.74, 6) is -1.14. The highest BCUT2D eigenvalue weighted by molar-refractivity contribution is 5.90. The van der Waals surface area contributed by atoms with Crippen molar-refractivity contribution in [2.45, 2.75) is 6.92 Å². The monoisotopic (exact) mass is 333 g/mol. The Morgan fingerprint density at radius 1 is 0.960 bits per heavy atom. The first-order valence-electron chi connectivity index (χ1n) is 7.57. The van der Waals surface area contributed by atoms with Gasteiger partial charge >= 0.3 is 5.97 Å². The average Bonchev–Trinajstić information content (AvgIpc) is 2.61. The van der Waals surface area contributed by atoms with Crippen LogP contribution in [-0.4, -0.2) is 27.0 Å². The van der Waals surface area contributed by atoms with Crippen molar-refractivity contribution >= 4 is 17.6 Å². The molecule has 1 amide bonds. The molecule has 6 nitrogen and oxygen atoms in total. The Bertz CT molecular complexity index is 954. The Kier molecular flexibility index (Phi) is 4.52. The van der Waals surface area contributed by atoms with Gasteiger partial charge in [-0.3, -0.25) is 9.78 Å². The maximum absolute atomic E-state index is 11.2. The fourth-order valence-corrected chi connectivity index (χ4v) is 2.42. The van der Waals surface area contributed by atoms with Crippen LogP contribution in [0.3, 0.4) is 0 Å². The molecule has 0 spiro atoms. The molecule has 3 aromatic rings. The van der Waals surface area contributed by atoms with E-state index in [1.54, 1.807) is 36.7 Å². The largest absolute Gasteiger partial charge is 0.478 e. The van der Waals surface area contributed by atoms with Crippen LogP contribution in [0.15, 0.2) is 60.9 Å². The lowest BCUT2D eigenvalue weighted by Gasteiger charge is -2.07. The number of aromatic nitrogens is 2. The zero-order valence-electron chi connectivity index (χ0n) is 13.4. The second kappa shape index (κ2) is 6.92. The van der Waals surface area contributed by atoms with Crippen LogP contribution in [0.2, 0.25) is 0 Å². The van der Waals surface area contributed by atoms with Crippen molar-refractivity contribution in [1.29, 1.82) is 0 Å². The van der Waals surface area contributed by atoms with E-state index in [0.29, 0.717) is 22.6 Å². The van der Waals surface area contributed by atoms with Crippen LogP contribution in [0.25, 0.3) is 22.5 Å². The number of hydrogen-bond donors (Lipinski definition) is 2. The smallest absolute Gasteiger partial charge is 0.335 e. The molecule has 3 rings (SSSR count). The molecule has 0 aliphatic heterocycles. The molecule has 0 saturated heterocycles. The number of carbonyl (C=O) groups is 2. The summed E-state index contributed by atoms with van der Waals surface area (Å²) in [6.45, 7) is 1.45. The van der Waals surface area contributed by atoms with Gasteiger partial charge < -0.3 is 10.4 Å². The Hall–Kier alpha value is -3.54. The molecule has 1 aromatic heterocycles. The van der Waals surface area contributed by atoms with Gasteiger partial charge in [0.25, 0.3) is 0 Å². The van der Waals surface area contributed by atoms with Gasteiger partial charge in [-0.1, -0.05) is 24.3 Å². The zero-order valence-corrected chi connectivity index (χ0v) is 13.4. The molecule has 6 heteroatoms. The predicted molar refractivity (Wildman–Crippen MR) is 94.2 cm³/mol. The molecule has 1 heterocycles. The van der Waals surface area contributed by atoms with Crippen LogP contribution in [0.5, 0.6) is 0 Å². The molecular weight excluding hydrogens is 318 g/mol. The summed E-state index contributed by atoms with van der Waals surface area (Å²) in [5.41, 5.74) is 3.54. The van der Waals surface area contributed by atoms with E-state index in [1.165, 1.54) is 13.0 Å². The van der Waals surface area contributed by atoms with Crippen LogP contribution < -0.4 is 5.32 Å². The van der Waals surface area contributed by atoms with Crippen molar-refractivity contribution in [2.24, 2.45) is 0 Å². The fraction of sp³-hybridized carbons (Fsp3) is 0.0526. The molecule has 0 radical (unpaired) electrons. The third kappa shape index (κ3) is 3.87. The van der Waals surface area contributed by atoms with Gasteiger partial charge in [0.05, 0.1) is 29.3 Å². The summed E-state index contributed by atoms with van der Waals surface area (Å²) in [7, 11) is 0. The maximum Gasteiger partial charge on any atom is 0.335 e. The van der Waals surface area contributed by atoms with E-state index in [9.17, 15) is 9.59 Å². The van der Waals surface area contributed by atoms with Crippen LogP contribution in [0.1, 0.15) is 17.3 Å². The minimum atomic E-state index is -0.992. The second-order valence-corrected chi connectivity index (χ2v) is 5.44. The average molecular weight is 333 g/mol. The Morgan fingerprint density at radius 3 is 2.24 bits per heavy atom. The zero-order chi connectivity index (χ0) is 17.8. The van der Waals surface area contributed by atoms with Crippen molar-refractivity contribution in [1.82, 2.24) is 9.97 Å². The quantitative estimate of drug-likeness (QED) is 0.763. The van der Waals surface area contributed by atoms with Crippen molar-refractivity contribution in [3.8, 4) is 22.5 Å². The number of amides is 1. The van der Waals surface area contributed by atoms with Gasteiger partial charge in [-0.2, -0.15) is 0 Å². The highest BCUT2D eigenvalue weighted by Crippen LogP contribution is 2.24. The Morgan fingerprint density at radius 2 is 1.60 bits per heavy atom. The normalized spacial score (nSPS) is 10.3. The van der Waals surface area contributed by atoms with Crippen molar-refractivity contribution in [2.75, 3.05) is 5.32 Å². The van der Waals surface area contributed by atoms with Gasteiger partial charge in [0.2, 0.25) is 5.91 Å². The first-order chi connectivity index (χ1) is 12.0. The van der Waals surface area contributed by atoms with Gasteiger partial charge in [-0.15, -0.1) is 0 Å². The topological polar surface area (TPSA) is 92.2 Å². The molecule has 2 N–H and O–H groups in total. The first kappa shape index (κ1) is 16.3. The van der Waals surface area contributed by atoms with Crippen LogP contribution in [0.4, 0.5) is 5.69 Å². The number of carboxylic acid groups (broad SMARTS) is 1. The SMILES string of the molecule is CC(=O)Nc1cccc(-c2cncc(-c3cccc(C(=O)O)c3)n2)c1. The molecule has 0 aliphatic rings. The number of carboxylic acids is 1. The summed E-state index contributed by atoms with van der Waals surface area (Å²) >= 11 is 0. The van der Waals surface area contributed by atoms with E-state index < -0.39 is 5.97 Å². The van der Waals surface area contributed by atoms with Gasteiger partial charge in [0.1, 0.15) is 0 Å². The highest BCUT2D eigenvalue weighted by Gasteiger charge is 2.08. The molecule has 25 heavy (non-hydrogen) atoms. The summed E-state index contributed by atoms with van der Waals surface area (Å²) in [6, 6.07) is 13.8. The standard InChI is InChI=1S/C19H15N3O3/c1-12(23)21-16-7-3-5-14(9-16)18-11-20-10-17(22-18)13-4-2-6-15(8-13)19(24)25/h2-11H,1H3,(H,21,23)(H,24,25). The third-order valence-corrected chi connectivity index (χ3v) is 3.52. The molecule has 0 atom stereocenters. The minimum absolute atomic E-state index is 0.150. The lowest BCUT2D eigenvalue weighted by Crippen LogP contribution is -2.05. The number of nitrogens with one attached hydrogen (secondary N) is 1. The molecular formula is C19H15N3O3. The molecule has 0 fully saturated rings. The maximum atomic E-state index is 11.2. The van der Waals surface area contributed by atoms with E-state index >= 15 is 0 Å². The van der Waals surface area contributed by atoms with E-state index in [1.807, 2.05) is 18.2 Å². The number of aromatic carboxylic acids is 1. The van der Waals surface area contributed by atoms with Crippen LogP contribution >= 0.6 is 0 Å². The van der Waals surface area contributed by atoms with Gasteiger partial charge in [0.15, 0.2) is 0 Å². The molecule has 0 saturated carbocycles. The molecule has 2 aromatic carbocycles. The number of carbonyl (C=O) groups excluding carboxylic acids is 1. The predicted octanol–water partition coefficient (Wildman–Crippen LogP) is 3.47. The van der Waals surface area contributed by atoms with Crippen LogP contribution in [-0.2, 0) is 4.79 Å². The summed E-state index contributed by atoms with van der Waals surface area (Å²) in [4.78, 5) is 31.1. The number of hydrogen-bond acceptors (Lipinski definition) is 4. The van der Waals surface area contributed by atoms with E-state index in [2.05, 4.69) is 15.3 Å². The number of nitrogens with zero attached hydrogens (tertiary/aromatic N) is 2. The molecule has 0 aliphatic carbocycles. The van der Waals surface area contributed by atoms with Crippen molar-refractivity contribution in [3.63, 3.8) is 0 Å². The second-order valence-electron chi connectivity index (χ2n) is 5.44. The minimum Gasteiger partial charge on any atom is -0.478 e. The third-order valence-electron chi connectivity index (χ3n) is 3.52. The molecule has 124 valence electrons. The number of anilines is 1. The van der Waals surface area contributed by atoms with Gasteiger partial charge in [0, 0.05) is 23.7 Å². The summed E-state index contributed by atoms with van der Waals surface area (Å²) in [6.07, 6.45) is 3.21. The number of rotatable bonds is 4. The van der Waals surface area contributed by atoms with E-state index in [4.69, 9.17) is 5.11 Å². The van der Waals surface area contributed by atoms with Crippen molar-refractivity contribution < 1.29 is 14.7 Å². The van der Waals surface area contributed by atoms with Gasteiger partial charge in [-0.25, -0.2) is 9.78 Å². The van der Waals surface area contributed by atoms with Gasteiger partial charge in [-0.05, 0) is 24.3 Å². The summed E-state index contributed by atoms with van der Waals surface area (Å²) < 4.78 is 0. The highest BCUT2D eigenvalue weighted by atomic mass is 16.4. The van der Waals surface area contributed by atoms with E-state index in [0.717, 1.165) is 5.56 Å². The summed E-state index contributed by atoms with van der Waals surface area (Å²) in [5, 5.41) is 11.8.